The fraction of sp³-hybridized carbons (Fsp3) is 0.381. The largest absolute Gasteiger partial charge is 0.495 e. The average molecular weight is 560 g/mol. The lowest BCUT2D eigenvalue weighted by Crippen LogP contribution is -2.37. The van der Waals surface area contributed by atoms with E-state index in [1.807, 2.05) is 0 Å². The van der Waals surface area contributed by atoms with Gasteiger partial charge in [0.15, 0.2) is 0 Å². The van der Waals surface area contributed by atoms with Gasteiger partial charge in [-0.25, -0.2) is 16.8 Å². The number of nitrogens with zero attached hydrogens (tertiary/aromatic N) is 2. The molecule has 0 saturated carbocycles. The van der Waals surface area contributed by atoms with Gasteiger partial charge in [0.1, 0.15) is 17.2 Å². The van der Waals surface area contributed by atoms with E-state index in [2.05, 4.69) is 21.2 Å². The van der Waals surface area contributed by atoms with Crippen LogP contribution >= 0.6 is 15.9 Å². The van der Waals surface area contributed by atoms with Crippen molar-refractivity contribution in [2.24, 2.45) is 0 Å². The van der Waals surface area contributed by atoms with Gasteiger partial charge in [0.2, 0.25) is 26.0 Å². The molecule has 2 aromatic rings. The number of halogens is 1. The van der Waals surface area contributed by atoms with Crippen molar-refractivity contribution in [2.45, 2.75) is 24.2 Å². The molecule has 1 saturated heterocycles. The van der Waals surface area contributed by atoms with E-state index in [4.69, 9.17) is 4.74 Å². The van der Waals surface area contributed by atoms with Gasteiger partial charge in [-0.1, -0.05) is 28.4 Å². The first kappa shape index (κ1) is 25.5. The molecule has 3 rings (SSSR count). The molecule has 1 aliphatic rings. The summed E-state index contributed by atoms with van der Waals surface area (Å²) in [4.78, 5) is 12.7. The highest BCUT2D eigenvalue weighted by molar-refractivity contribution is 9.10. The number of ether oxygens (including phenoxy) is 1. The Morgan fingerprint density at radius 1 is 1.09 bits per heavy atom. The maximum atomic E-state index is 13.2. The van der Waals surface area contributed by atoms with Gasteiger partial charge < -0.3 is 10.1 Å². The molecule has 1 aliphatic heterocycles. The molecule has 1 amide bonds. The van der Waals surface area contributed by atoms with Gasteiger partial charge in [-0.2, -0.15) is 4.31 Å². The van der Waals surface area contributed by atoms with Gasteiger partial charge >= 0.3 is 0 Å². The van der Waals surface area contributed by atoms with E-state index in [0.29, 0.717) is 23.2 Å². The van der Waals surface area contributed by atoms with Gasteiger partial charge in [0, 0.05) is 23.2 Å². The fourth-order valence-electron chi connectivity index (χ4n) is 3.56. The van der Waals surface area contributed by atoms with E-state index in [1.54, 1.807) is 24.3 Å². The highest BCUT2D eigenvalue weighted by Crippen LogP contribution is 2.31. The quantitative estimate of drug-likeness (QED) is 0.531. The molecule has 0 spiro atoms. The van der Waals surface area contributed by atoms with Gasteiger partial charge in [0.05, 0.1) is 19.1 Å². The number of sulfonamides is 2. The lowest BCUT2D eigenvalue weighted by molar-refractivity contribution is -0.114. The molecule has 1 fully saturated rings. The zero-order valence-electron chi connectivity index (χ0n) is 18.3. The minimum Gasteiger partial charge on any atom is -0.495 e. The molecule has 1 heterocycles. The van der Waals surface area contributed by atoms with Crippen LogP contribution in [0.1, 0.15) is 19.3 Å². The van der Waals surface area contributed by atoms with Crippen LogP contribution in [0.15, 0.2) is 51.8 Å². The summed E-state index contributed by atoms with van der Waals surface area (Å²) in [7, 11) is -6.18. The predicted molar refractivity (Wildman–Crippen MR) is 131 cm³/mol. The molecular weight excluding hydrogens is 534 g/mol. The fourth-order valence-corrected chi connectivity index (χ4v) is 6.50. The highest BCUT2D eigenvalue weighted by Gasteiger charge is 2.29. The number of hydrogen-bond acceptors (Lipinski definition) is 6. The molecular formula is C21H26BrN3O6S2. The second kappa shape index (κ2) is 10.4. The number of piperidine rings is 1. The van der Waals surface area contributed by atoms with Crippen molar-refractivity contribution >= 4 is 53.3 Å². The third kappa shape index (κ3) is 6.25. The van der Waals surface area contributed by atoms with E-state index in [0.717, 1.165) is 29.8 Å². The SMILES string of the molecule is COc1ccc(NC(=O)CN(c2cccc(Br)c2)S(C)(=O)=O)cc1S(=O)(=O)N1CCCCC1. The van der Waals surface area contributed by atoms with Crippen molar-refractivity contribution in [3.8, 4) is 5.75 Å². The van der Waals surface area contributed by atoms with Crippen LogP contribution in [0.2, 0.25) is 0 Å². The van der Waals surface area contributed by atoms with Gasteiger partial charge in [0.25, 0.3) is 0 Å². The number of hydrogen-bond donors (Lipinski definition) is 1. The van der Waals surface area contributed by atoms with Crippen LogP contribution in [0, 0.1) is 0 Å². The normalized spacial score (nSPS) is 15.1. The van der Waals surface area contributed by atoms with Crippen LogP contribution in [-0.2, 0) is 24.8 Å². The topological polar surface area (TPSA) is 113 Å². The summed E-state index contributed by atoms with van der Waals surface area (Å²) >= 11 is 3.30. The monoisotopic (exact) mass is 559 g/mol. The molecule has 2 aromatic carbocycles. The van der Waals surface area contributed by atoms with Gasteiger partial charge in [-0.05, 0) is 49.2 Å². The van der Waals surface area contributed by atoms with Crippen LogP contribution in [0.3, 0.4) is 0 Å². The zero-order valence-corrected chi connectivity index (χ0v) is 21.5. The van der Waals surface area contributed by atoms with E-state index < -0.39 is 32.5 Å². The van der Waals surface area contributed by atoms with Crippen LogP contribution in [0.5, 0.6) is 5.75 Å². The summed E-state index contributed by atoms with van der Waals surface area (Å²) in [5.41, 5.74) is 0.546. The van der Waals surface area contributed by atoms with Crippen LogP contribution in [0.4, 0.5) is 11.4 Å². The molecule has 12 heteroatoms. The average Bonchev–Trinajstić information content (AvgIpc) is 2.77. The Balaban J connectivity index is 1.85. The standard InChI is InChI=1S/C21H26BrN3O6S2/c1-31-19-10-9-17(14-20(19)33(29,30)24-11-4-3-5-12-24)23-21(26)15-25(32(2,27)28)18-8-6-7-16(22)13-18/h6-10,13-14H,3-5,11-12,15H2,1-2H3,(H,23,26). The summed E-state index contributed by atoms with van der Waals surface area (Å²) in [5, 5.41) is 2.60. The summed E-state index contributed by atoms with van der Waals surface area (Å²) in [6.45, 7) is 0.381. The molecule has 33 heavy (non-hydrogen) atoms. The van der Waals surface area contributed by atoms with E-state index in [9.17, 15) is 21.6 Å². The Kier molecular flexibility index (Phi) is 8.04. The molecule has 0 radical (unpaired) electrons. The number of carbonyl (C=O) groups excluding carboxylic acids is 1. The van der Waals surface area contributed by atoms with Crippen LogP contribution in [-0.4, -0.2) is 60.0 Å². The van der Waals surface area contributed by atoms with E-state index in [1.165, 1.54) is 29.6 Å². The van der Waals surface area contributed by atoms with Gasteiger partial charge in [-0.15, -0.1) is 0 Å². The lowest BCUT2D eigenvalue weighted by Gasteiger charge is -2.26. The molecule has 0 aliphatic carbocycles. The van der Waals surface area contributed by atoms with E-state index >= 15 is 0 Å². The highest BCUT2D eigenvalue weighted by atomic mass is 79.9. The molecule has 180 valence electrons. The Bertz CT molecular complexity index is 1230. The maximum Gasteiger partial charge on any atom is 0.246 e. The Hall–Kier alpha value is -2.15. The number of methoxy groups -OCH3 is 1. The molecule has 9 nitrogen and oxygen atoms in total. The van der Waals surface area contributed by atoms with Crippen LogP contribution < -0.4 is 14.4 Å². The van der Waals surface area contributed by atoms with E-state index in [-0.39, 0.29) is 16.3 Å². The smallest absolute Gasteiger partial charge is 0.246 e. The number of anilines is 2. The molecule has 0 atom stereocenters. The Labute approximate surface area is 203 Å². The maximum absolute atomic E-state index is 13.2. The van der Waals surface area contributed by atoms with Crippen molar-refractivity contribution in [1.82, 2.24) is 4.31 Å². The molecule has 0 aromatic heterocycles. The minimum absolute atomic E-state index is 0.0448. The number of carbonyl (C=O) groups is 1. The summed E-state index contributed by atoms with van der Waals surface area (Å²) in [6.07, 6.45) is 3.57. The Morgan fingerprint density at radius 3 is 2.39 bits per heavy atom. The first-order valence-electron chi connectivity index (χ1n) is 10.2. The van der Waals surface area contributed by atoms with Crippen molar-refractivity contribution in [1.29, 1.82) is 0 Å². The predicted octanol–water partition coefficient (Wildman–Crippen LogP) is 3.04. The second-order valence-electron chi connectivity index (χ2n) is 7.63. The summed E-state index contributed by atoms with van der Waals surface area (Å²) in [6, 6.07) is 10.9. The third-order valence-corrected chi connectivity index (χ3v) is 8.72. The van der Waals surface area contributed by atoms with Crippen molar-refractivity contribution in [3.05, 3.63) is 46.9 Å². The first-order valence-corrected chi connectivity index (χ1v) is 14.3. The van der Waals surface area contributed by atoms with Crippen molar-refractivity contribution in [2.75, 3.05) is 42.6 Å². The second-order valence-corrected chi connectivity index (χ2v) is 12.4. The number of nitrogens with one attached hydrogen (secondary N) is 1. The zero-order chi connectivity index (χ0) is 24.2. The first-order chi connectivity index (χ1) is 15.5. The Morgan fingerprint density at radius 2 is 1.79 bits per heavy atom. The molecule has 0 unspecified atom stereocenters. The summed E-state index contributed by atoms with van der Waals surface area (Å²) < 4.78 is 59.3. The lowest BCUT2D eigenvalue weighted by atomic mass is 10.2. The summed E-state index contributed by atoms with van der Waals surface area (Å²) in [5.74, 6) is -0.447. The van der Waals surface area contributed by atoms with Crippen molar-refractivity contribution < 1.29 is 26.4 Å². The number of benzene rings is 2. The minimum atomic E-state index is -3.81. The molecule has 1 N–H and O–H groups in total. The molecule has 0 bridgehead atoms. The number of rotatable bonds is 8. The third-order valence-electron chi connectivity index (χ3n) is 5.16. The number of amides is 1. The van der Waals surface area contributed by atoms with Crippen molar-refractivity contribution in [3.63, 3.8) is 0 Å². The van der Waals surface area contributed by atoms with Gasteiger partial charge in [-0.3, -0.25) is 9.10 Å². The van der Waals surface area contributed by atoms with Crippen LogP contribution in [0.25, 0.3) is 0 Å².